The summed E-state index contributed by atoms with van der Waals surface area (Å²) in [5.74, 6) is 0.0271. The summed E-state index contributed by atoms with van der Waals surface area (Å²) < 4.78 is 0. The molecule has 1 heterocycles. The lowest BCUT2D eigenvalue weighted by atomic mass is 10.0. The van der Waals surface area contributed by atoms with Gasteiger partial charge in [-0.3, -0.25) is 4.79 Å². The molecule has 3 rings (SSSR count). The van der Waals surface area contributed by atoms with Gasteiger partial charge in [0.15, 0.2) is 0 Å². The van der Waals surface area contributed by atoms with Crippen molar-refractivity contribution in [2.45, 2.75) is 40.2 Å². The van der Waals surface area contributed by atoms with Gasteiger partial charge < -0.3 is 10.2 Å². The molecule has 2 aromatic carbocycles. The Labute approximate surface area is 148 Å². The number of hydrogen-bond donors (Lipinski definition) is 1. The van der Waals surface area contributed by atoms with Crippen LogP contribution in [0.25, 0.3) is 0 Å². The first-order valence-corrected chi connectivity index (χ1v) is 8.74. The molecule has 2 aromatic rings. The molecular weight excluding hydrogens is 320 g/mol. The number of rotatable bonds is 2. The highest BCUT2D eigenvalue weighted by atomic mass is 35.5. The number of halogens is 1. The molecule has 3 nitrogen and oxygen atoms in total. The first kappa shape index (κ1) is 16.8. The van der Waals surface area contributed by atoms with E-state index in [1.807, 2.05) is 17.9 Å². The SMILES string of the molecule is CCC1CN(C(=O)c2ccc(Cl)c(C)c2)c2cc(C)c(C)cc2N1. The topological polar surface area (TPSA) is 32.3 Å². The lowest BCUT2D eigenvalue weighted by Crippen LogP contribution is -2.44. The zero-order valence-corrected chi connectivity index (χ0v) is 15.4. The molecule has 0 aliphatic carbocycles. The van der Waals surface area contributed by atoms with E-state index in [0.717, 1.165) is 23.4 Å². The minimum Gasteiger partial charge on any atom is -0.379 e. The molecule has 1 atom stereocenters. The number of hydrogen-bond acceptors (Lipinski definition) is 2. The number of nitrogens with zero attached hydrogens (tertiary/aromatic N) is 1. The molecule has 4 heteroatoms. The molecule has 0 spiro atoms. The van der Waals surface area contributed by atoms with Gasteiger partial charge in [0.1, 0.15) is 0 Å². The number of amides is 1. The Morgan fingerprint density at radius 2 is 1.88 bits per heavy atom. The van der Waals surface area contributed by atoms with Crippen molar-refractivity contribution in [1.82, 2.24) is 0 Å². The van der Waals surface area contributed by atoms with Gasteiger partial charge in [-0.15, -0.1) is 0 Å². The Bertz CT molecular complexity index is 800. The van der Waals surface area contributed by atoms with Crippen LogP contribution in [0.3, 0.4) is 0 Å². The van der Waals surface area contributed by atoms with Crippen LogP contribution in [-0.4, -0.2) is 18.5 Å². The van der Waals surface area contributed by atoms with E-state index in [4.69, 9.17) is 11.6 Å². The van der Waals surface area contributed by atoms with Crippen LogP contribution >= 0.6 is 11.6 Å². The third-order valence-corrected chi connectivity index (χ3v) is 5.23. The summed E-state index contributed by atoms with van der Waals surface area (Å²) in [6, 6.07) is 9.97. The summed E-state index contributed by atoms with van der Waals surface area (Å²) in [4.78, 5) is 15.0. The maximum atomic E-state index is 13.1. The Morgan fingerprint density at radius 1 is 1.17 bits per heavy atom. The van der Waals surface area contributed by atoms with Gasteiger partial charge in [-0.25, -0.2) is 0 Å². The van der Waals surface area contributed by atoms with Crippen LogP contribution in [0, 0.1) is 20.8 Å². The predicted octanol–water partition coefficient (Wildman–Crippen LogP) is 5.12. The first-order valence-electron chi connectivity index (χ1n) is 8.36. The summed E-state index contributed by atoms with van der Waals surface area (Å²) in [6.07, 6.45) is 0.968. The highest BCUT2D eigenvalue weighted by Gasteiger charge is 2.28. The molecule has 126 valence electrons. The van der Waals surface area contributed by atoms with Crippen molar-refractivity contribution >= 4 is 28.9 Å². The van der Waals surface area contributed by atoms with E-state index < -0.39 is 0 Å². The standard InChI is InChI=1S/C20H23ClN2O/c1-5-16-11-23(19-10-13(3)12(2)9-18(19)22-16)20(24)15-6-7-17(21)14(4)8-15/h6-10,16,22H,5,11H2,1-4H3. The second-order valence-corrected chi connectivity index (χ2v) is 6.99. The highest BCUT2D eigenvalue weighted by Crippen LogP contribution is 2.35. The number of nitrogens with one attached hydrogen (secondary N) is 1. The first-order chi connectivity index (χ1) is 11.4. The van der Waals surface area contributed by atoms with E-state index in [1.165, 1.54) is 11.1 Å². The third-order valence-electron chi connectivity index (χ3n) is 4.81. The fourth-order valence-electron chi connectivity index (χ4n) is 3.08. The van der Waals surface area contributed by atoms with E-state index >= 15 is 0 Å². The van der Waals surface area contributed by atoms with Crippen molar-refractivity contribution in [3.05, 3.63) is 57.6 Å². The summed E-state index contributed by atoms with van der Waals surface area (Å²) >= 11 is 6.10. The lowest BCUT2D eigenvalue weighted by molar-refractivity contribution is 0.0984. The van der Waals surface area contributed by atoms with Crippen molar-refractivity contribution < 1.29 is 4.79 Å². The van der Waals surface area contributed by atoms with E-state index in [1.54, 1.807) is 12.1 Å². The van der Waals surface area contributed by atoms with E-state index in [9.17, 15) is 4.79 Å². The van der Waals surface area contributed by atoms with Crippen LogP contribution < -0.4 is 10.2 Å². The summed E-state index contributed by atoms with van der Waals surface area (Å²) in [6.45, 7) is 8.91. The molecule has 0 saturated carbocycles. The number of fused-ring (bicyclic) bond motifs is 1. The number of aryl methyl sites for hydroxylation is 3. The molecule has 0 bridgehead atoms. The van der Waals surface area contributed by atoms with Gasteiger partial charge in [-0.1, -0.05) is 18.5 Å². The Kier molecular flexibility index (Phi) is 4.55. The van der Waals surface area contributed by atoms with Crippen molar-refractivity contribution in [3.63, 3.8) is 0 Å². The van der Waals surface area contributed by atoms with Crippen LogP contribution in [0.2, 0.25) is 5.02 Å². The zero-order chi connectivity index (χ0) is 17.4. The van der Waals surface area contributed by atoms with Gasteiger partial charge >= 0.3 is 0 Å². The van der Waals surface area contributed by atoms with Crippen molar-refractivity contribution in [3.8, 4) is 0 Å². The Balaban J connectivity index is 2.04. The largest absolute Gasteiger partial charge is 0.379 e. The average Bonchev–Trinajstić information content (AvgIpc) is 2.57. The highest BCUT2D eigenvalue weighted by molar-refractivity contribution is 6.31. The molecule has 1 aliphatic heterocycles. The van der Waals surface area contributed by atoms with Gasteiger partial charge in [-0.05, 0) is 74.2 Å². The summed E-state index contributed by atoms with van der Waals surface area (Å²) in [7, 11) is 0. The van der Waals surface area contributed by atoms with Crippen molar-refractivity contribution in [2.24, 2.45) is 0 Å². The molecule has 0 radical (unpaired) electrons. The van der Waals surface area contributed by atoms with Crippen LogP contribution in [0.15, 0.2) is 30.3 Å². The summed E-state index contributed by atoms with van der Waals surface area (Å²) in [5.41, 5.74) is 6.02. The van der Waals surface area contributed by atoms with E-state index in [0.29, 0.717) is 17.1 Å². The van der Waals surface area contributed by atoms with Crippen LogP contribution in [0.1, 0.15) is 40.4 Å². The maximum Gasteiger partial charge on any atom is 0.258 e. The minimum atomic E-state index is 0.0271. The normalized spacial score (nSPS) is 16.5. The van der Waals surface area contributed by atoms with Gasteiger partial charge in [0, 0.05) is 23.2 Å². The molecule has 0 saturated heterocycles. The number of benzene rings is 2. The van der Waals surface area contributed by atoms with E-state index in [2.05, 4.69) is 38.2 Å². The molecule has 24 heavy (non-hydrogen) atoms. The van der Waals surface area contributed by atoms with Gasteiger partial charge in [-0.2, -0.15) is 0 Å². The van der Waals surface area contributed by atoms with Crippen LogP contribution in [-0.2, 0) is 0 Å². The van der Waals surface area contributed by atoms with Crippen molar-refractivity contribution in [1.29, 1.82) is 0 Å². The maximum absolute atomic E-state index is 13.1. The lowest BCUT2D eigenvalue weighted by Gasteiger charge is -2.36. The van der Waals surface area contributed by atoms with Crippen LogP contribution in [0.4, 0.5) is 11.4 Å². The Morgan fingerprint density at radius 3 is 2.54 bits per heavy atom. The molecule has 1 aliphatic rings. The average molecular weight is 343 g/mol. The van der Waals surface area contributed by atoms with E-state index in [-0.39, 0.29) is 11.9 Å². The molecule has 1 unspecified atom stereocenters. The molecule has 0 aromatic heterocycles. The van der Waals surface area contributed by atoms with Gasteiger partial charge in [0.25, 0.3) is 5.91 Å². The second kappa shape index (κ2) is 6.48. The monoisotopic (exact) mass is 342 g/mol. The summed E-state index contributed by atoms with van der Waals surface area (Å²) in [5, 5.41) is 4.24. The number of carbonyl (C=O) groups is 1. The fourth-order valence-corrected chi connectivity index (χ4v) is 3.20. The molecular formula is C20H23ClN2O. The van der Waals surface area contributed by atoms with Gasteiger partial charge in [0.05, 0.1) is 11.4 Å². The Hall–Kier alpha value is -2.00. The van der Waals surface area contributed by atoms with Crippen molar-refractivity contribution in [2.75, 3.05) is 16.8 Å². The molecule has 0 fully saturated rings. The molecule has 1 N–H and O–H groups in total. The number of anilines is 2. The number of carbonyl (C=O) groups excluding carboxylic acids is 1. The van der Waals surface area contributed by atoms with Gasteiger partial charge in [0.2, 0.25) is 0 Å². The fraction of sp³-hybridized carbons (Fsp3) is 0.350. The van der Waals surface area contributed by atoms with Crippen LogP contribution in [0.5, 0.6) is 0 Å². The predicted molar refractivity (Wildman–Crippen MR) is 101 cm³/mol. The molecule has 1 amide bonds. The quantitative estimate of drug-likeness (QED) is 0.821. The minimum absolute atomic E-state index is 0.0271. The third kappa shape index (κ3) is 3.01. The second-order valence-electron chi connectivity index (χ2n) is 6.58. The zero-order valence-electron chi connectivity index (χ0n) is 14.6. The smallest absolute Gasteiger partial charge is 0.258 e.